The number of nitrogens with zero attached hydrogens (tertiary/aromatic N) is 8. The highest BCUT2D eigenvalue weighted by Gasteiger charge is 2.19. The lowest BCUT2D eigenvalue weighted by Gasteiger charge is -2.20. The molecule has 4 N–H and O–H groups in total. The van der Waals surface area contributed by atoms with Gasteiger partial charge in [0, 0.05) is 32.0 Å². The number of alkyl halides is 1. The summed E-state index contributed by atoms with van der Waals surface area (Å²) in [5.74, 6) is 0. The highest BCUT2D eigenvalue weighted by molar-refractivity contribution is 7.81. The van der Waals surface area contributed by atoms with Crippen molar-refractivity contribution in [3.8, 4) is 0 Å². The molecular weight excluding hydrogens is 571 g/mol. The van der Waals surface area contributed by atoms with Crippen LogP contribution in [0.1, 0.15) is 17.8 Å². The molecule has 0 fully saturated rings. The highest BCUT2D eigenvalue weighted by Crippen LogP contribution is 2.11. The summed E-state index contributed by atoms with van der Waals surface area (Å²) in [6.45, 7) is 0.335. The van der Waals surface area contributed by atoms with Gasteiger partial charge in [0.2, 0.25) is 0 Å². The fourth-order valence-corrected chi connectivity index (χ4v) is 3.82. The summed E-state index contributed by atoms with van der Waals surface area (Å²) >= 11 is 0. The standard InChI is InChI=1S/C17H29FN10O9S2/c18-2-1-5-35-14-28-13-17(21-24-28)10-25(8-15-11-26(22-19-15)3-6-36-38(29,30)31)9-16-12-27(23-20-16)4-7-37-39(32,33)34/h11-13,19,22H,1-10,14H2,(H,29,30,31)(H,32,33,34). The molecule has 2 aromatic rings. The summed E-state index contributed by atoms with van der Waals surface area (Å²) in [4.78, 5) is 1.93. The number of hydrogen-bond donors (Lipinski definition) is 4. The Hall–Kier alpha value is -2.83. The average molecular weight is 601 g/mol. The van der Waals surface area contributed by atoms with Crippen LogP contribution in [0, 0.1) is 0 Å². The normalized spacial score (nSPS) is 14.3. The van der Waals surface area contributed by atoms with Gasteiger partial charge in [-0.15, -0.1) is 15.7 Å². The van der Waals surface area contributed by atoms with E-state index in [1.165, 1.54) is 14.4 Å². The third kappa shape index (κ3) is 12.3. The summed E-state index contributed by atoms with van der Waals surface area (Å²) in [5.41, 5.74) is 7.59. The molecule has 0 saturated heterocycles. The van der Waals surface area contributed by atoms with Crippen molar-refractivity contribution in [2.75, 3.05) is 39.6 Å². The molecule has 220 valence electrons. The second-order valence-corrected chi connectivity index (χ2v) is 10.2. The van der Waals surface area contributed by atoms with Crippen LogP contribution in [-0.2, 0) is 60.3 Å². The van der Waals surface area contributed by atoms with E-state index in [2.05, 4.69) is 40.0 Å². The minimum Gasteiger partial charge on any atom is -0.359 e. The lowest BCUT2D eigenvalue weighted by molar-refractivity contribution is 0.0628. The average Bonchev–Trinajstić information content (AvgIpc) is 3.58. The molecule has 0 unspecified atom stereocenters. The Morgan fingerprint density at radius 3 is 2.15 bits per heavy atom. The summed E-state index contributed by atoms with van der Waals surface area (Å²) in [6, 6.07) is 0. The zero-order valence-corrected chi connectivity index (χ0v) is 22.2. The van der Waals surface area contributed by atoms with Crippen LogP contribution in [0.3, 0.4) is 0 Å². The van der Waals surface area contributed by atoms with Gasteiger partial charge in [0.25, 0.3) is 0 Å². The Labute approximate surface area is 223 Å². The van der Waals surface area contributed by atoms with Gasteiger partial charge in [-0.2, -0.15) is 16.8 Å². The van der Waals surface area contributed by atoms with Crippen LogP contribution in [0.5, 0.6) is 0 Å². The van der Waals surface area contributed by atoms with Crippen molar-refractivity contribution in [1.82, 2.24) is 50.9 Å². The monoisotopic (exact) mass is 600 g/mol. The quantitative estimate of drug-likeness (QED) is 0.101. The fourth-order valence-electron chi connectivity index (χ4n) is 3.25. The summed E-state index contributed by atoms with van der Waals surface area (Å²) in [7, 11) is -9.11. The van der Waals surface area contributed by atoms with Crippen molar-refractivity contribution >= 4 is 20.8 Å². The molecule has 0 radical (unpaired) electrons. The number of halogens is 1. The molecule has 0 atom stereocenters. The first-order chi connectivity index (χ1) is 18.5. The Morgan fingerprint density at radius 1 is 0.897 bits per heavy atom. The Morgan fingerprint density at radius 2 is 1.51 bits per heavy atom. The van der Waals surface area contributed by atoms with E-state index in [0.29, 0.717) is 30.2 Å². The van der Waals surface area contributed by atoms with Gasteiger partial charge in [-0.3, -0.25) is 23.4 Å². The first-order valence-corrected chi connectivity index (χ1v) is 14.1. The third-order valence-corrected chi connectivity index (χ3v) is 5.70. The SMILES string of the molecule is O=S(=O)(O)OCCN1C=C(CN(Cc2cn(CCOS(=O)(=O)O)nn2)Cc2cn(COCCCF)nn2)NN1. The van der Waals surface area contributed by atoms with Gasteiger partial charge in [-0.05, 0) is 6.42 Å². The van der Waals surface area contributed by atoms with Crippen molar-refractivity contribution in [2.45, 2.75) is 32.8 Å². The lowest BCUT2D eigenvalue weighted by atomic mass is 10.3. The molecule has 19 nitrogen and oxygen atoms in total. The molecule has 0 aliphatic carbocycles. The van der Waals surface area contributed by atoms with Gasteiger partial charge in [0.1, 0.15) is 6.73 Å². The number of nitrogens with one attached hydrogen (secondary N) is 2. The number of rotatable bonds is 19. The first kappa shape index (κ1) is 30.7. The molecule has 39 heavy (non-hydrogen) atoms. The van der Waals surface area contributed by atoms with Crippen molar-refractivity contribution in [2.24, 2.45) is 0 Å². The molecular formula is C17H29FN10O9S2. The minimum atomic E-state index is -4.56. The van der Waals surface area contributed by atoms with E-state index in [-0.39, 0.29) is 52.6 Å². The third-order valence-electron chi connectivity index (χ3n) is 4.77. The molecule has 22 heteroatoms. The topological polar surface area (TPSA) is 228 Å². The fraction of sp³-hybridized carbons (Fsp3) is 0.647. The summed E-state index contributed by atoms with van der Waals surface area (Å²) in [5, 5.41) is 17.7. The Balaban J connectivity index is 1.62. The van der Waals surface area contributed by atoms with Crippen LogP contribution in [0.25, 0.3) is 0 Å². The largest absolute Gasteiger partial charge is 0.397 e. The maximum atomic E-state index is 12.2. The molecule has 2 aromatic heterocycles. The van der Waals surface area contributed by atoms with Crippen LogP contribution in [-0.4, -0.2) is 105 Å². The molecule has 3 rings (SSSR count). The molecule has 1 aliphatic heterocycles. The lowest BCUT2D eigenvalue weighted by Crippen LogP contribution is -2.39. The molecule has 0 amide bonds. The molecule has 0 saturated carbocycles. The van der Waals surface area contributed by atoms with Crippen LogP contribution >= 0.6 is 0 Å². The maximum Gasteiger partial charge on any atom is 0.397 e. The highest BCUT2D eigenvalue weighted by atomic mass is 32.3. The zero-order valence-electron chi connectivity index (χ0n) is 20.5. The van der Waals surface area contributed by atoms with E-state index in [4.69, 9.17) is 13.8 Å². The van der Waals surface area contributed by atoms with E-state index in [9.17, 15) is 21.2 Å². The van der Waals surface area contributed by atoms with Gasteiger partial charge >= 0.3 is 20.8 Å². The smallest absolute Gasteiger partial charge is 0.359 e. The summed E-state index contributed by atoms with van der Waals surface area (Å²) in [6.07, 6.45) is 5.23. The molecule has 3 heterocycles. The predicted octanol–water partition coefficient (Wildman–Crippen LogP) is -1.99. The van der Waals surface area contributed by atoms with Gasteiger partial charge < -0.3 is 10.2 Å². The maximum absolute atomic E-state index is 12.2. The number of hydrogen-bond acceptors (Lipinski definition) is 15. The van der Waals surface area contributed by atoms with Crippen molar-refractivity contribution < 1.29 is 43.4 Å². The number of hydrazine groups is 2. The number of ether oxygens (including phenoxy) is 1. The van der Waals surface area contributed by atoms with Gasteiger partial charge in [-0.25, -0.2) is 17.7 Å². The minimum absolute atomic E-state index is 0.0285. The zero-order chi connectivity index (χ0) is 28.3. The van der Waals surface area contributed by atoms with Crippen LogP contribution in [0.2, 0.25) is 0 Å². The Kier molecular flexibility index (Phi) is 11.4. The Bertz CT molecular complexity index is 1290. The van der Waals surface area contributed by atoms with Gasteiger partial charge in [-0.1, -0.05) is 10.4 Å². The van der Waals surface area contributed by atoms with E-state index in [1.807, 2.05) is 4.90 Å². The second kappa shape index (κ2) is 14.5. The molecule has 0 bridgehead atoms. The van der Waals surface area contributed by atoms with E-state index >= 15 is 0 Å². The van der Waals surface area contributed by atoms with Crippen molar-refractivity contribution in [3.05, 3.63) is 35.7 Å². The first-order valence-electron chi connectivity index (χ1n) is 11.4. The van der Waals surface area contributed by atoms with Gasteiger partial charge in [0.15, 0.2) is 0 Å². The van der Waals surface area contributed by atoms with E-state index in [0.717, 1.165) is 0 Å². The molecule has 0 aromatic carbocycles. The van der Waals surface area contributed by atoms with Crippen LogP contribution in [0.15, 0.2) is 24.3 Å². The van der Waals surface area contributed by atoms with Crippen LogP contribution < -0.4 is 11.0 Å². The van der Waals surface area contributed by atoms with E-state index < -0.39 is 27.5 Å². The number of aromatic nitrogens is 6. The molecule has 1 aliphatic rings. The molecule has 0 spiro atoms. The van der Waals surface area contributed by atoms with Crippen molar-refractivity contribution in [3.63, 3.8) is 0 Å². The predicted molar refractivity (Wildman–Crippen MR) is 127 cm³/mol. The van der Waals surface area contributed by atoms with Gasteiger partial charge in [0.05, 0.1) is 62.9 Å². The second-order valence-electron chi connectivity index (χ2n) is 8.03. The van der Waals surface area contributed by atoms with Crippen molar-refractivity contribution in [1.29, 1.82) is 0 Å². The summed E-state index contributed by atoms with van der Waals surface area (Å²) < 4.78 is 89.2. The van der Waals surface area contributed by atoms with E-state index in [1.54, 1.807) is 18.6 Å². The van der Waals surface area contributed by atoms with Crippen LogP contribution in [0.4, 0.5) is 4.39 Å².